The van der Waals surface area contributed by atoms with Crippen LogP contribution >= 0.6 is 24.0 Å². The summed E-state index contributed by atoms with van der Waals surface area (Å²) < 4.78 is 5.92. The minimum absolute atomic E-state index is 0. The Balaban J connectivity index is 0.00000192. The van der Waals surface area contributed by atoms with Gasteiger partial charge in [-0.05, 0) is 38.5 Å². The third-order valence-electron chi connectivity index (χ3n) is 5.54. The van der Waals surface area contributed by atoms with Crippen LogP contribution in [-0.2, 0) is 4.74 Å². The van der Waals surface area contributed by atoms with Gasteiger partial charge in [0.15, 0.2) is 5.96 Å². The Bertz CT molecular complexity index is 371. The molecule has 4 nitrogen and oxygen atoms in total. The maximum Gasteiger partial charge on any atom is 0.191 e. The Labute approximate surface area is 158 Å². The fraction of sp³-hybridized carbons (Fsp3) is 0.944. The number of unbranched alkanes of at least 4 members (excludes halogenated alkanes) is 1. The Kier molecular flexibility index (Phi) is 8.44. The lowest BCUT2D eigenvalue weighted by Gasteiger charge is -2.22. The van der Waals surface area contributed by atoms with Crippen LogP contribution < -0.4 is 10.6 Å². The van der Waals surface area contributed by atoms with Gasteiger partial charge in [0, 0.05) is 13.1 Å². The Morgan fingerprint density at radius 2 is 1.96 bits per heavy atom. The van der Waals surface area contributed by atoms with Crippen molar-refractivity contribution in [3.63, 3.8) is 0 Å². The zero-order valence-corrected chi connectivity index (χ0v) is 16.9. The van der Waals surface area contributed by atoms with Crippen LogP contribution in [0.25, 0.3) is 0 Å². The zero-order valence-electron chi connectivity index (χ0n) is 14.6. The maximum absolute atomic E-state index is 5.92. The minimum Gasteiger partial charge on any atom is -0.373 e. The van der Waals surface area contributed by atoms with E-state index in [-0.39, 0.29) is 24.0 Å². The van der Waals surface area contributed by atoms with Gasteiger partial charge < -0.3 is 15.4 Å². The molecule has 2 N–H and O–H groups in total. The van der Waals surface area contributed by atoms with E-state index in [0.717, 1.165) is 31.4 Å². The molecule has 0 aromatic heterocycles. The van der Waals surface area contributed by atoms with Gasteiger partial charge in [-0.2, -0.15) is 0 Å². The van der Waals surface area contributed by atoms with Crippen molar-refractivity contribution in [1.82, 2.24) is 10.6 Å². The second kappa shape index (κ2) is 10.1. The number of nitrogens with one attached hydrogen (secondary N) is 2. The number of hydrogen-bond acceptors (Lipinski definition) is 2. The van der Waals surface area contributed by atoms with Crippen molar-refractivity contribution in [3.8, 4) is 0 Å². The average Bonchev–Trinajstić information content (AvgIpc) is 3.24. The lowest BCUT2D eigenvalue weighted by atomic mass is 9.96. The van der Waals surface area contributed by atoms with Crippen LogP contribution in [-0.4, -0.2) is 37.3 Å². The quantitative estimate of drug-likeness (QED) is 0.277. The third-order valence-corrected chi connectivity index (χ3v) is 5.54. The van der Waals surface area contributed by atoms with Gasteiger partial charge in [-0.3, -0.25) is 4.99 Å². The first-order valence-corrected chi connectivity index (χ1v) is 9.55. The zero-order chi connectivity index (χ0) is 15.2. The van der Waals surface area contributed by atoms with Gasteiger partial charge >= 0.3 is 0 Å². The molecule has 2 aliphatic heterocycles. The number of nitrogens with zero attached hydrogens (tertiary/aromatic N) is 1. The molecular weight excluding hydrogens is 401 g/mol. The topological polar surface area (TPSA) is 45.7 Å². The Morgan fingerprint density at radius 1 is 1.13 bits per heavy atom. The number of aliphatic imine (C=N–C) groups is 1. The van der Waals surface area contributed by atoms with Crippen molar-refractivity contribution >= 4 is 29.9 Å². The summed E-state index contributed by atoms with van der Waals surface area (Å²) in [4.78, 5) is 4.76. The normalized spacial score (nSPS) is 30.5. The number of rotatable bonds is 7. The summed E-state index contributed by atoms with van der Waals surface area (Å²) in [5.41, 5.74) is 0. The molecule has 2 bridgehead atoms. The van der Waals surface area contributed by atoms with E-state index in [1.54, 1.807) is 0 Å². The van der Waals surface area contributed by atoms with Crippen molar-refractivity contribution in [3.05, 3.63) is 0 Å². The first-order chi connectivity index (χ1) is 10.8. The van der Waals surface area contributed by atoms with Gasteiger partial charge in [0.25, 0.3) is 0 Å². The molecule has 134 valence electrons. The summed E-state index contributed by atoms with van der Waals surface area (Å²) >= 11 is 0. The van der Waals surface area contributed by atoms with Crippen LogP contribution in [0, 0.1) is 5.92 Å². The average molecular weight is 435 g/mol. The van der Waals surface area contributed by atoms with Crippen molar-refractivity contribution in [1.29, 1.82) is 0 Å². The van der Waals surface area contributed by atoms with Gasteiger partial charge in [0.05, 0.1) is 18.2 Å². The van der Waals surface area contributed by atoms with Gasteiger partial charge in [-0.1, -0.05) is 38.5 Å². The first kappa shape index (κ1) is 19.3. The second-order valence-electron chi connectivity index (χ2n) is 7.27. The van der Waals surface area contributed by atoms with Crippen molar-refractivity contribution in [2.45, 2.75) is 89.4 Å². The van der Waals surface area contributed by atoms with E-state index in [2.05, 4.69) is 17.6 Å². The van der Waals surface area contributed by atoms with E-state index in [4.69, 9.17) is 9.73 Å². The molecule has 2 saturated heterocycles. The van der Waals surface area contributed by atoms with E-state index in [9.17, 15) is 0 Å². The fourth-order valence-electron chi connectivity index (χ4n) is 4.32. The van der Waals surface area contributed by atoms with Crippen LogP contribution in [0.2, 0.25) is 0 Å². The standard InChI is InChI=1S/C18H33N3O.HI/c1-2-19-18(21-16-13-15-10-11-17(16)22-15)20-12-6-5-9-14-7-3-4-8-14;/h14-17H,2-13H2,1H3,(H2,19,20,21);1H. The highest BCUT2D eigenvalue weighted by Crippen LogP contribution is 2.34. The van der Waals surface area contributed by atoms with Gasteiger partial charge in [-0.25, -0.2) is 0 Å². The van der Waals surface area contributed by atoms with Crippen LogP contribution in [0.4, 0.5) is 0 Å². The highest BCUT2D eigenvalue weighted by atomic mass is 127. The molecule has 2 heterocycles. The summed E-state index contributed by atoms with van der Waals surface area (Å²) in [6.45, 7) is 4.01. The molecule has 1 aliphatic carbocycles. The second-order valence-corrected chi connectivity index (χ2v) is 7.27. The number of fused-ring (bicyclic) bond motifs is 2. The van der Waals surface area contributed by atoms with Gasteiger partial charge in [0.1, 0.15) is 0 Å². The monoisotopic (exact) mass is 435 g/mol. The van der Waals surface area contributed by atoms with Gasteiger partial charge in [0.2, 0.25) is 0 Å². The molecular formula is C18H34IN3O. The summed E-state index contributed by atoms with van der Waals surface area (Å²) in [7, 11) is 0. The SMILES string of the molecule is CCNC(=NCCCCC1CCCC1)NC1CC2CCC1O2.I. The number of guanidine groups is 1. The predicted octanol–water partition coefficient (Wildman–Crippen LogP) is 3.84. The van der Waals surface area contributed by atoms with E-state index in [1.165, 1.54) is 57.8 Å². The third kappa shape index (κ3) is 5.76. The molecule has 1 saturated carbocycles. The van der Waals surface area contributed by atoms with Crippen LogP contribution in [0.15, 0.2) is 4.99 Å². The summed E-state index contributed by atoms with van der Waals surface area (Å²) in [6.07, 6.45) is 14.4. The lowest BCUT2D eigenvalue weighted by Crippen LogP contribution is -2.47. The molecule has 3 atom stereocenters. The van der Waals surface area contributed by atoms with Crippen LogP contribution in [0.3, 0.4) is 0 Å². The highest BCUT2D eigenvalue weighted by molar-refractivity contribution is 14.0. The molecule has 3 unspecified atom stereocenters. The van der Waals surface area contributed by atoms with Crippen molar-refractivity contribution in [2.24, 2.45) is 10.9 Å². The number of ether oxygens (including phenoxy) is 1. The Morgan fingerprint density at radius 3 is 2.61 bits per heavy atom. The molecule has 0 spiro atoms. The first-order valence-electron chi connectivity index (χ1n) is 9.55. The molecule has 0 aromatic carbocycles. The Hall–Kier alpha value is -0.0400. The van der Waals surface area contributed by atoms with Crippen molar-refractivity contribution < 1.29 is 4.74 Å². The summed E-state index contributed by atoms with van der Waals surface area (Å²) in [5, 5.41) is 6.98. The molecule has 3 fully saturated rings. The van der Waals surface area contributed by atoms with Crippen LogP contribution in [0.1, 0.15) is 71.1 Å². The van der Waals surface area contributed by atoms with Crippen molar-refractivity contribution in [2.75, 3.05) is 13.1 Å². The number of halogens is 1. The van der Waals surface area contributed by atoms with E-state index < -0.39 is 0 Å². The molecule has 0 radical (unpaired) electrons. The van der Waals surface area contributed by atoms with Gasteiger partial charge in [-0.15, -0.1) is 24.0 Å². The maximum atomic E-state index is 5.92. The number of hydrogen-bond donors (Lipinski definition) is 2. The smallest absolute Gasteiger partial charge is 0.191 e. The molecule has 23 heavy (non-hydrogen) atoms. The summed E-state index contributed by atoms with van der Waals surface area (Å²) in [5.74, 6) is 2.01. The molecule has 0 amide bonds. The minimum atomic E-state index is 0. The fourth-order valence-corrected chi connectivity index (χ4v) is 4.32. The lowest BCUT2D eigenvalue weighted by molar-refractivity contribution is 0.0992. The van der Waals surface area contributed by atoms with E-state index in [1.807, 2.05) is 0 Å². The molecule has 0 aromatic rings. The largest absolute Gasteiger partial charge is 0.373 e. The molecule has 3 aliphatic rings. The van der Waals surface area contributed by atoms with Crippen LogP contribution in [0.5, 0.6) is 0 Å². The highest BCUT2D eigenvalue weighted by Gasteiger charge is 2.41. The molecule has 3 rings (SSSR count). The molecule has 5 heteroatoms. The summed E-state index contributed by atoms with van der Waals surface area (Å²) in [6, 6.07) is 0.468. The van der Waals surface area contributed by atoms with E-state index in [0.29, 0.717) is 18.2 Å². The van der Waals surface area contributed by atoms with E-state index >= 15 is 0 Å². The predicted molar refractivity (Wildman–Crippen MR) is 107 cm³/mol.